The Morgan fingerprint density at radius 3 is 2.45 bits per heavy atom. The van der Waals surface area contributed by atoms with Gasteiger partial charge < -0.3 is 10.3 Å². The van der Waals surface area contributed by atoms with E-state index in [-0.39, 0.29) is 5.25 Å². The van der Waals surface area contributed by atoms with Gasteiger partial charge in [0, 0.05) is 34.5 Å². The number of anilines is 1. The normalized spacial score (nSPS) is 12.2. The van der Waals surface area contributed by atoms with E-state index in [1.165, 1.54) is 10.5 Å². The highest BCUT2D eigenvalue weighted by Crippen LogP contribution is 2.37. The molecule has 112 valence electrons. The lowest BCUT2D eigenvalue weighted by Gasteiger charge is -2.18. The maximum Gasteiger partial charge on any atom is 0.0946 e. The van der Waals surface area contributed by atoms with Crippen molar-refractivity contribution in [2.24, 2.45) is 0 Å². The van der Waals surface area contributed by atoms with Gasteiger partial charge in [-0.1, -0.05) is 23.7 Å². The van der Waals surface area contributed by atoms with E-state index >= 15 is 0 Å². The molecule has 3 nitrogen and oxygen atoms in total. The summed E-state index contributed by atoms with van der Waals surface area (Å²) in [5.41, 5.74) is 7.77. The molecule has 0 amide bonds. The molecule has 2 N–H and O–H groups in total. The Morgan fingerprint density at radius 1 is 1.09 bits per heavy atom. The van der Waals surface area contributed by atoms with Gasteiger partial charge in [-0.05, 0) is 42.0 Å². The molecule has 1 aromatic heterocycles. The molecule has 3 rings (SSSR count). The largest absolute Gasteiger partial charge is 0.399 e. The van der Waals surface area contributed by atoms with Gasteiger partial charge in [0.1, 0.15) is 0 Å². The molecule has 0 aliphatic carbocycles. The van der Waals surface area contributed by atoms with Crippen molar-refractivity contribution in [1.29, 1.82) is 0 Å². The van der Waals surface area contributed by atoms with Crippen molar-refractivity contribution in [2.75, 3.05) is 5.73 Å². The van der Waals surface area contributed by atoms with Crippen LogP contribution in [0.15, 0.2) is 72.1 Å². The lowest BCUT2D eigenvalue weighted by molar-refractivity contribution is 0.683. The number of aromatic nitrogens is 2. The van der Waals surface area contributed by atoms with Gasteiger partial charge >= 0.3 is 0 Å². The first-order valence-corrected chi connectivity index (χ1v) is 8.20. The van der Waals surface area contributed by atoms with Crippen LogP contribution in [-0.2, 0) is 6.54 Å². The molecule has 0 radical (unpaired) electrons. The van der Waals surface area contributed by atoms with Crippen molar-refractivity contribution in [2.45, 2.75) is 16.7 Å². The Bertz CT molecular complexity index is 709. The molecule has 0 saturated carbocycles. The zero-order chi connectivity index (χ0) is 15.4. The van der Waals surface area contributed by atoms with E-state index in [0.717, 1.165) is 17.3 Å². The molecule has 3 aromatic rings. The lowest BCUT2D eigenvalue weighted by Crippen LogP contribution is -2.05. The maximum absolute atomic E-state index is 6.00. The summed E-state index contributed by atoms with van der Waals surface area (Å²) in [6, 6.07) is 16.0. The highest BCUT2D eigenvalue weighted by molar-refractivity contribution is 7.99. The van der Waals surface area contributed by atoms with E-state index < -0.39 is 0 Å². The van der Waals surface area contributed by atoms with E-state index in [9.17, 15) is 0 Å². The molecule has 1 unspecified atom stereocenters. The molecular weight excluding hydrogens is 314 g/mol. The van der Waals surface area contributed by atoms with Crippen LogP contribution < -0.4 is 5.73 Å². The van der Waals surface area contributed by atoms with Crippen LogP contribution in [0.1, 0.15) is 10.8 Å². The van der Waals surface area contributed by atoms with Crippen molar-refractivity contribution >= 4 is 29.1 Å². The summed E-state index contributed by atoms with van der Waals surface area (Å²) in [7, 11) is 0. The third-order valence-corrected chi connectivity index (χ3v) is 4.84. The van der Waals surface area contributed by atoms with Gasteiger partial charge in [-0.3, -0.25) is 0 Å². The molecule has 0 fully saturated rings. The quantitative estimate of drug-likeness (QED) is 0.547. The van der Waals surface area contributed by atoms with Crippen LogP contribution in [-0.4, -0.2) is 9.55 Å². The first kappa shape index (κ1) is 15.0. The Morgan fingerprint density at radius 2 is 1.82 bits per heavy atom. The minimum absolute atomic E-state index is 0.273. The zero-order valence-corrected chi connectivity index (χ0v) is 13.5. The van der Waals surface area contributed by atoms with Crippen LogP contribution in [0.4, 0.5) is 5.69 Å². The van der Waals surface area contributed by atoms with Crippen LogP contribution in [0.3, 0.4) is 0 Å². The number of thioether (sulfide) groups is 1. The molecule has 22 heavy (non-hydrogen) atoms. The Labute approximate surface area is 139 Å². The van der Waals surface area contributed by atoms with Crippen molar-refractivity contribution in [1.82, 2.24) is 9.55 Å². The zero-order valence-electron chi connectivity index (χ0n) is 11.9. The maximum atomic E-state index is 6.00. The second-order valence-corrected chi connectivity index (χ2v) is 6.70. The monoisotopic (exact) mass is 329 g/mol. The summed E-state index contributed by atoms with van der Waals surface area (Å²) >= 11 is 7.81. The van der Waals surface area contributed by atoms with E-state index in [2.05, 4.69) is 33.8 Å². The van der Waals surface area contributed by atoms with Gasteiger partial charge in [0.25, 0.3) is 0 Å². The number of hydrogen-bond acceptors (Lipinski definition) is 3. The first-order chi connectivity index (χ1) is 10.7. The fourth-order valence-corrected chi connectivity index (χ4v) is 3.47. The van der Waals surface area contributed by atoms with E-state index in [1.807, 2.05) is 48.6 Å². The van der Waals surface area contributed by atoms with Crippen molar-refractivity contribution in [3.8, 4) is 0 Å². The molecule has 0 saturated heterocycles. The Kier molecular flexibility index (Phi) is 4.71. The summed E-state index contributed by atoms with van der Waals surface area (Å²) in [5, 5.41) is 1.03. The number of imidazole rings is 1. The minimum atomic E-state index is 0.273. The Balaban J connectivity index is 1.84. The van der Waals surface area contributed by atoms with Crippen LogP contribution in [0.25, 0.3) is 0 Å². The van der Waals surface area contributed by atoms with E-state index in [4.69, 9.17) is 17.3 Å². The second-order valence-electron chi connectivity index (χ2n) is 4.99. The summed E-state index contributed by atoms with van der Waals surface area (Å²) in [5.74, 6) is 0. The molecule has 1 heterocycles. The fraction of sp³-hybridized carbons (Fsp3) is 0.118. The molecule has 5 heteroatoms. The van der Waals surface area contributed by atoms with Crippen LogP contribution >= 0.6 is 23.4 Å². The third kappa shape index (κ3) is 3.84. The van der Waals surface area contributed by atoms with Gasteiger partial charge in [0.15, 0.2) is 0 Å². The van der Waals surface area contributed by atoms with Crippen molar-refractivity contribution in [3.63, 3.8) is 0 Å². The highest BCUT2D eigenvalue weighted by Gasteiger charge is 2.14. The summed E-state index contributed by atoms with van der Waals surface area (Å²) in [6.07, 6.45) is 5.62. The lowest BCUT2D eigenvalue weighted by atomic mass is 10.1. The van der Waals surface area contributed by atoms with Crippen molar-refractivity contribution < 1.29 is 0 Å². The first-order valence-electron chi connectivity index (χ1n) is 6.94. The van der Waals surface area contributed by atoms with Gasteiger partial charge in [-0.2, -0.15) is 0 Å². The van der Waals surface area contributed by atoms with Crippen LogP contribution in [0, 0.1) is 0 Å². The molecule has 2 aromatic carbocycles. The van der Waals surface area contributed by atoms with E-state index in [1.54, 1.807) is 6.20 Å². The highest BCUT2D eigenvalue weighted by atomic mass is 35.5. The van der Waals surface area contributed by atoms with Gasteiger partial charge in [0.05, 0.1) is 11.6 Å². The number of nitrogen functional groups attached to an aromatic ring is 1. The topological polar surface area (TPSA) is 43.8 Å². The predicted molar refractivity (Wildman–Crippen MR) is 93.1 cm³/mol. The number of hydrogen-bond donors (Lipinski definition) is 1. The van der Waals surface area contributed by atoms with Crippen molar-refractivity contribution in [3.05, 3.63) is 77.8 Å². The van der Waals surface area contributed by atoms with Crippen LogP contribution in [0.5, 0.6) is 0 Å². The van der Waals surface area contributed by atoms with Crippen LogP contribution in [0.2, 0.25) is 5.02 Å². The minimum Gasteiger partial charge on any atom is -0.399 e. The molecule has 0 spiro atoms. The fourth-order valence-electron chi connectivity index (χ4n) is 2.19. The van der Waals surface area contributed by atoms with Gasteiger partial charge in [-0.25, -0.2) is 4.98 Å². The smallest absolute Gasteiger partial charge is 0.0946 e. The second kappa shape index (κ2) is 6.90. The SMILES string of the molecule is Nc1ccc(SC(Cn2ccnc2)c2ccc(Cl)cc2)cc1. The Hall–Kier alpha value is -1.91. The summed E-state index contributed by atoms with van der Waals surface area (Å²) < 4.78 is 2.09. The third-order valence-electron chi connectivity index (χ3n) is 3.34. The molecule has 1 atom stereocenters. The average molecular weight is 330 g/mol. The number of rotatable bonds is 5. The van der Waals surface area contributed by atoms with E-state index in [0.29, 0.717) is 0 Å². The van der Waals surface area contributed by atoms with Gasteiger partial charge in [-0.15, -0.1) is 11.8 Å². The summed E-state index contributed by atoms with van der Waals surface area (Å²) in [4.78, 5) is 5.31. The molecule has 0 aliphatic rings. The number of halogens is 1. The average Bonchev–Trinajstić information content (AvgIpc) is 3.03. The predicted octanol–water partition coefficient (Wildman–Crippen LogP) is 4.65. The molecular formula is C17H16ClN3S. The van der Waals surface area contributed by atoms with Gasteiger partial charge in [0.2, 0.25) is 0 Å². The number of nitrogens with zero attached hydrogens (tertiary/aromatic N) is 2. The number of benzene rings is 2. The molecule has 0 aliphatic heterocycles. The standard InChI is InChI=1S/C17H16ClN3S/c18-14-3-1-13(2-4-14)17(11-21-10-9-20-12-21)22-16-7-5-15(19)6-8-16/h1-10,12,17H,11,19H2. The number of nitrogens with two attached hydrogens (primary N) is 1. The summed E-state index contributed by atoms with van der Waals surface area (Å²) in [6.45, 7) is 0.844. The molecule has 0 bridgehead atoms.